The minimum Gasteiger partial charge on any atom is -0.478 e. The van der Waals surface area contributed by atoms with E-state index in [1.807, 2.05) is 60.7 Å². The van der Waals surface area contributed by atoms with Crippen LogP contribution >= 0.6 is 0 Å². The Kier molecular flexibility index (Phi) is 6.31. The van der Waals surface area contributed by atoms with Gasteiger partial charge < -0.3 is 30.1 Å². The molecule has 0 amide bonds. The summed E-state index contributed by atoms with van der Waals surface area (Å²) in [7, 11) is 0. The van der Waals surface area contributed by atoms with Crippen LogP contribution in [0.4, 0.5) is 0 Å². The van der Waals surface area contributed by atoms with E-state index in [-0.39, 0.29) is 11.1 Å². The van der Waals surface area contributed by atoms with Gasteiger partial charge in [0.15, 0.2) is 0 Å². The average molecular weight is 677 g/mol. The van der Waals surface area contributed by atoms with Crippen molar-refractivity contribution in [2.24, 2.45) is 0 Å². The molecule has 0 atom stereocenters. The lowest BCUT2D eigenvalue weighted by molar-refractivity contribution is 0.0696. The lowest BCUT2D eigenvalue weighted by Crippen LogP contribution is -2.16. The van der Waals surface area contributed by atoms with Crippen molar-refractivity contribution >= 4 is 78.8 Å². The Balaban J connectivity index is 1.46. The third kappa shape index (κ3) is 4.48. The van der Waals surface area contributed by atoms with Crippen LogP contribution in [-0.4, -0.2) is 42.1 Å². The van der Waals surface area contributed by atoms with Crippen LogP contribution < -0.4 is 21.4 Å². The van der Waals surface area contributed by atoms with Crippen LogP contribution in [0.25, 0.3) is 66.9 Å². The van der Waals surface area contributed by atoms with Gasteiger partial charge in [0.1, 0.15) is 0 Å². The summed E-state index contributed by atoms with van der Waals surface area (Å²) in [6, 6.07) is 37.0. The van der Waals surface area contributed by atoms with Crippen LogP contribution in [-0.2, 0) is 0 Å². The first-order chi connectivity index (χ1) is 25.4. The minimum absolute atomic E-state index is 0.119. The smallest absolute Gasteiger partial charge is 0.335 e. The van der Waals surface area contributed by atoms with Gasteiger partial charge in [0.25, 0.3) is 0 Å². The Morgan fingerprint density at radius 1 is 0.423 bits per heavy atom. The fraction of sp³-hybridized carbons (Fsp3) is 0. The first-order valence-corrected chi connectivity index (χ1v) is 16.9. The molecule has 0 saturated carbocycles. The maximum atomic E-state index is 12.4. The number of carboxylic acids is 2. The molecule has 0 fully saturated rings. The normalized spacial score (nSPS) is 12.6. The molecule has 1 aliphatic heterocycles. The van der Waals surface area contributed by atoms with Crippen LogP contribution in [0, 0.1) is 0 Å². The van der Waals surface area contributed by atoms with Crippen molar-refractivity contribution in [2.45, 2.75) is 0 Å². The molecule has 52 heavy (non-hydrogen) atoms. The second-order valence-corrected chi connectivity index (χ2v) is 13.1. The van der Waals surface area contributed by atoms with Crippen molar-refractivity contribution < 1.29 is 19.8 Å². The van der Waals surface area contributed by atoms with Gasteiger partial charge in [-0.1, -0.05) is 97.1 Å². The monoisotopic (exact) mass is 676 g/mol. The maximum absolute atomic E-state index is 12.4. The molecule has 8 nitrogen and oxygen atoms in total. The number of fused-ring (bicyclic) bond motifs is 20. The zero-order valence-electron chi connectivity index (χ0n) is 27.4. The summed E-state index contributed by atoms with van der Waals surface area (Å²) >= 11 is 0. The molecule has 4 aromatic heterocycles. The second kappa shape index (κ2) is 11.1. The predicted molar refractivity (Wildman–Crippen MR) is 204 cm³/mol. The van der Waals surface area contributed by atoms with Crippen LogP contribution in [0.3, 0.4) is 0 Å². The van der Waals surface area contributed by atoms with E-state index in [1.165, 1.54) is 6.07 Å². The van der Waals surface area contributed by atoms with Gasteiger partial charge in [-0.05, 0) is 42.0 Å². The highest BCUT2D eigenvalue weighted by molar-refractivity contribution is 6.05. The number of rotatable bonds is 3. The Morgan fingerprint density at radius 2 is 0.827 bits per heavy atom. The highest BCUT2D eigenvalue weighted by Gasteiger charge is 2.21. The number of aromatic amines is 4. The number of hydrogen-bond acceptors (Lipinski definition) is 2. The number of carboxylic acid groups (broad SMARTS) is 2. The van der Waals surface area contributed by atoms with Gasteiger partial charge in [-0.15, -0.1) is 0 Å². The van der Waals surface area contributed by atoms with Crippen LogP contribution in [0.15, 0.2) is 115 Å². The van der Waals surface area contributed by atoms with E-state index in [9.17, 15) is 19.8 Å². The Morgan fingerprint density at radius 3 is 1.35 bits per heavy atom. The number of nitrogens with one attached hydrogen (secondary N) is 4. The van der Waals surface area contributed by atoms with Crippen LogP contribution in [0.5, 0.6) is 0 Å². The highest BCUT2D eigenvalue weighted by atomic mass is 16.4. The van der Waals surface area contributed by atoms with Crippen LogP contribution in [0.2, 0.25) is 0 Å². The average Bonchev–Trinajstić information content (AvgIpc) is 3.91. The largest absolute Gasteiger partial charge is 0.478 e. The fourth-order valence-corrected chi connectivity index (χ4v) is 7.82. The molecule has 0 aliphatic carbocycles. The minimum atomic E-state index is -1.21. The van der Waals surface area contributed by atoms with Gasteiger partial charge in [-0.3, -0.25) is 0 Å². The van der Waals surface area contributed by atoms with Gasteiger partial charge in [0, 0.05) is 81.8 Å². The predicted octanol–water partition coefficient (Wildman–Crippen LogP) is 6.06. The molecule has 8 bridgehead atoms. The van der Waals surface area contributed by atoms with Crippen molar-refractivity contribution in [2.75, 3.05) is 0 Å². The van der Waals surface area contributed by atoms with Crippen molar-refractivity contribution in [1.82, 2.24) is 19.9 Å². The molecule has 0 saturated heterocycles. The third-order valence-corrected chi connectivity index (χ3v) is 10.1. The molecule has 9 aromatic rings. The molecule has 1 aliphatic rings. The zero-order valence-corrected chi connectivity index (χ0v) is 27.4. The summed E-state index contributed by atoms with van der Waals surface area (Å²) in [5.41, 5.74) is 4.31. The van der Waals surface area contributed by atoms with Crippen molar-refractivity contribution in [3.8, 4) is 0 Å². The molecule has 0 spiro atoms. The van der Waals surface area contributed by atoms with Gasteiger partial charge in [0.05, 0.1) is 22.2 Å². The second-order valence-electron chi connectivity index (χ2n) is 13.1. The summed E-state index contributed by atoms with van der Waals surface area (Å²) in [5.74, 6) is -2.43. The number of aromatic carboxylic acids is 2. The van der Waals surface area contributed by atoms with Gasteiger partial charge in [-0.2, -0.15) is 0 Å². The maximum Gasteiger partial charge on any atom is 0.335 e. The molecule has 0 radical (unpaired) electrons. The lowest BCUT2D eigenvalue weighted by Gasteiger charge is -2.10. The summed E-state index contributed by atoms with van der Waals surface area (Å²) in [5, 5.41) is 31.7. The molecular formula is C44H28N4O4. The van der Waals surface area contributed by atoms with Crippen LogP contribution in [0.1, 0.15) is 49.1 Å². The third-order valence-electron chi connectivity index (χ3n) is 10.1. The highest BCUT2D eigenvalue weighted by Crippen LogP contribution is 2.33. The number of carbonyl (C=O) groups is 2. The number of aromatic nitrogens is 4. The standard InChI is InChI=1S/C44H28N4O4/c49-43(50)24-17-23(18-25(19-24)44(51)52)40-41-32-15-7-5-13-30(32)38(47-41)21-36-28-11-3-1-9-26(28)34(45-36)20-35-27-10-2-4-12-29(27)37(46-35)22-39-31-14-6-8-16-33(31)42(40)48-39/h1-22,45-48H,(H,49,50)(H,51,52). The topological polar surface area (TPSA) is 138 Å². The molecule has 10 rings (SSSR count). The molecule has 6 N–H and O–H groups in total. The summed E-state index contributed by atoms with van der Waals surface area (Å²) in [4.78, 5) is 39.7. The summed E-state index contributed by atoms with van der Waals surface area (Å²) in [6.07, 6.45) is 6.38. The molecule has 8 heteroatoms. The van der Waals surface area contributed by atoms with E-state index in [1.54, 1.807) is 12.1 Å². The SMILES string of the molecule is O=C(O)c1cc(C(=O)O)cc(C2=c3[nH]c(c4ccccc34)=Cc3[nH]c(c4ccccc34)C=c3[nH]c(c4ccccc34)=Cc3[nH]c2c2ccccc32)c1. The van der Waals surface area contributed by atoms with Gasteiger partial charge >= 0.3 is 11.9 Å². The van der Waals surface area contributed by atoms with E-state index in [0.29, 0.717) is 11.1 Å². The number of H-pyrrole nitrogens is 4. The summed E-state index contributed by atoms with van der Waals surface area (Å²) in [6.45, 7) is 0. The number of hydrogen-bond donors (Lipinski definition) is 6. The van der Waals surface area contributed by atoms with Crippen molar-refractivity contribution in [3.05, 3.63) is 176 Å². The first kappa shape index (κ1) is 29.6. The Bertz CT molecular complexity index is 3230. The fourth-order valence-electron chi connectivity index (χ4n) is 7.82. The molecule has 5 heterocycles. The molecule has 248 valence electrons. The lowest BCUT2D eigenvalue weighted by atomic mass is 9.94. The van der Waals surface area contributed by atoms with E-state index in [2.05, 4.69) is 74.6 Å². The molecule has 0 unspecified atom stereocenters. The van der Waals surface area contributed by atoms with Crippen molar-refractivity contribution in [1.29, 1.82) is 0 Å². The first-order valence-electron chi connectivity index (χ1n) is 16.9. The Hall–Kier alpha value is -7.32. The van der Waals surface area contributed by atoms with Gasteiger partial charge in [0.2, 0.25) is 0 Å². The number of benzene rings is 5. The molecular weight excluding hydrogens is 649 g/mol. The quantitative estimate of drug-likeness (QED) is 0.136. The zero-order chi connectivity index (χ0) is 35.1. The van der Waals surface area contributed by atoms with Gasteiger partial charge in [-0.25, -0.2) is 9.59 Å². The van der Waals surface area contributed by atoms with Crippen molar-refractivity contribution in [3.63, 3.8) is 0 Å². The van der Waals surface area contributed by atoms with E-state index >= 15 is 0 Å². The summed E-state index contributed by atoms with van der Waals surface area (Å²) < 4.78 is 0. The van der Waals surface area contributed by atoms with E-state index in [0.717, 1.165) is 87.3 Å². The molecule has 5 aromatic carbocycles. The van der Waals surface area contributed by atoms with E-state index in [4.69, 9.17) is 0 Å². The van der Waals surface area contributed by atoms with E-state index < -0.39 is 11.9 Å². The Labute approximate surface area is 294 Å².